The fraction of sp³-hybridized carbons (Fsp3) is 0. The Balaban J connectivity index is 0.000000845. The van der Waals surface area contributed by atoms with Gasteiger partial charge in [0.2, 0.25) is 0 Å². The second-order valence-electron chi connectivity index (χ2n) is 2.45. The highest BCUT2D eigenvalue weighted by molar-refractivity contribution is 5.82. The van der Waals surface area contributed by atoms with Crippen molar-refractivity contribution in [3.63, 3.8) is 0 Å². The molecule has 0 aliphatic heterocycles. The molecule has 68 valence electrons. The molecule has 3 N–H and O–H groups in total. The Hall–Kier alpha value is -1.81. The largest absolute Gasteiger partial charge is 0.507 e. The van der Waals surface area contributed by atoms with Crippen molar-refractivity contribution in [3.05, 3.63) is 40.8 Å². The van der Waals surface area contributed by atoms with Crippen molar-refractivity contribution < 1.29 is 15.0 Å². The maximum Gasteiger partial charge on any atom is 0.339 e. The molecular formula is C9H8O4. The van der Waals surface area contributed by atoms with E-state index < -0.39 is 5.63 Å². The van der Waals surface area contributed by atoms with Crippen molar-refractivity contribution in [2.45, 2.75) is 0 Å². The maximum absolute atomic E-state index is 10.8. The summed E-state index contributed by atoms with van der Waals surface area (Å²) in [7, 11) is 0. The van der Waals surface area contributed by atoms with Crippen LogP contribution in [0.15, 0.2) is 39.5 Å². The minimum atomic E-state index is -0.536. The van der Waals surface area contributed by atoms with Crippen molar-refractivity contribution in [1.29, 1.82) is 0 Å². The van der Waals surface area contributed by atoms with E-state index in [0.29, 0.717) is 11.0 Å². The third-order valence-electron chi connectivity index (χ3n) is 1.63. The molecular weight excluding hydrogens is 172 g/mol. The zero-order valence-corrected chi connectivity index (χ0v) is 6.65. The van der Waals surface area contributed by atoms with Crippen LogP contribution in [-0.2, 0) is 0 Å². The summed E-state index contributed by atoms with van der Waals surface area (Å²) in [5.41, 5.74) is -0.131. The van der Waals surface area contributed by atoms with E-state index in [1.54, 1.807) is 24.3 Å². The number of benzene rings is 1. The summed E-state index contributed by atoms with van der Waals surface area (Å²) in [4.78, 5) is 10.8. The van der Waals surface area contributed by atoms with Gasteiger partial charge in [-0.1, -0.05) is 12.1 Å². The van der Waals surface area contributed by atoms with Crippen LogP contribution in [-0.4, -0.2) is 10.6 Å². The van der Waals surface area contributed by atoms with Crippen molar-refractivity contribution in [1.82, 2.24) is 0 Å². The highest BCUT2D eigenvalue weighted by Crippen LogP contribution is 2.20. The van der Waals surface area contributed by atoms with E-state index in [-0.39, 0.29) is 11.2 Å². The van der Waals surface area contributed by atoms with Gasteiger partial charge >= 0.3 is 5.63 Å². The second kappa shape index (κ2) is 3.28. The third kappa shape index (κ3) is 1.52. The van der Waals surface area contributed by atoms with Gasteiger partial charge in [-0.15, -0.1) is 0 Å². The number of para-hydroxylation sites is 1. The van der Waals surface area contributed by atoms with Gasteiger partial charge in [-0.2, -0.15) is 0 Å². The van der Waals surface area contributed by atoms with Crippen LogP contribution in [0.1, 0.15) is 0 Å². The van der Waals surface area contributed by atoms with Crippen LogP contribution in [0.25, 0.3) is 11.0 Å². The first-order chi connectivity index (χ1) is 5.77. The Bertz CT molecular complexity index is 472. The van der Waals surface area contributed by atoms with E-state index in [1.807, 2.05) is 0 Å². The third-order valence-corrected chi connectivity index (χ3v) is 1.63. The smallest absolute Gasteiger partial charge is 0.339 e. The first kappa shape index (κ1) is 9.28. The molecule has 0 saturated heterocycles. The highest BCUT2D eigenvalue weighted by atomic mass is 16.4. The molecule has 0 fully saturated rings. The molecule has 0 amide bonds. The number of hydrogen-bond donors (Lipinski definition) is 1. The van der Waals surface area contributed by atoms with Crippen LogP contribution in [0.4, 0.5) is 0 Å². The number of rotatable bonds is 0. The molecule has 0 spiro atoms. The lowest BCUT2D eigenvalue weighted by Gasteiger charge is -1.96. The van der Waals surface area contributed by atoms with E-state index in [1.165, 1.54) is 0 Å². The van der Waals surface area contributed by atoms with Crippen LogP contribution < -0.4 is 5.63 Å². The van der Waals surface area contributed by atoms with Gasteiger partial charge in [0.15, 0.2) is 0 Å². The number of fused-ring (bicyclic) bond motifs is 1. The molecule has 2 aromatic rings. The quantitative estimate of drug-likeness (QED) is 0.605. The average Bonchev–Trinajstić information content (AvgIpc) is 2.04. The molecule has 1 aromatic heterocycles. The zero-order chi connectivity index (χ0) is 8.55. The number of hydrogen-bond acceptors (Lipinski definition) is 3. The monoisotopic (exact) mass is 180 g/mol. The topological polar surface area (TPSA) is 81.9 Å². The van der Waals surface area contributed by atoms with E-state index in [0.717, 1.165) is 6.07 Å². The lowest BCUT2D eigenvalue weighted by atomic mass is 10.2. The standard InChI is InChI=1S/C9H6O3.H2O/c10-7-5-9(11)12-8-4-2-1-3-6(7)8;/h1-5,10H;1H2. The fourth-order valence-electron chi connectivity index (χ4n) is 1.09. The normalized spacial score (nSPS) is 9.54. The van der Waals surface area contributed by atoms with Crippen molar-refractivity contribution in [3.8, 4) is 5.75 Å². The second-order valence-corrected chi connectivity index (χ2v) is 2.45. The van der Waals surface area contributed by atoms with Crippen LogP contribution in [0, 0.1) is 0 Å². The summed E-state index contributed by atoms with van der Waals surface area (Å²) in [6, 6.07) is 7.89. The van der Waals surface area contributed by atoms with Gasteiger partial charge in [0.05, 0.1) is 11.5 Å². The van der Waals surface area contributed by atoms with Gasteiger partial charge in [-0.05, 0) is 12.1 Å². The zero-order valence-electron chi connectivity index (χ0n) is 6.65. The summed E-state index contributed by atoms with van der Waals surface area (Å²) in [5, 5.41) is 9.84. The molecule has 4 nitrogen and oxygen atoms in total. The van der Waals surface area contributed by atoms with E-state index >= 15 is 0 Å². The Kier molecular flexibility index (Phi) is 2.34. The molecule has 0 saturated carbocycles. The molecule has 1 aromatic carbocycles. The summed E-state index contributed by atoms with van der Waals surface area (Å²) < 4.78 is 4.83. The molecule has 0 bridgehead atoms. The summed E-state index contributed by atoms with van der Waals surface area (Å²) in [6.07, 6.45) is 0. The van der Waals surface area contributed by atoms with E-state index in [2.05, 4.69) is 0 Å². The predicted molar refractivity (Wildman–Crippen MR) is 47.8 cm³/mol. The molecule has 0 aliphatic carbocycles. The van der Waals surface area contributed by atoms with Gasteiger partial charge in [-0.3, -0.25) is 0 Å². The van der Waals surface area contributed by atoms with Gasteiger partial charge in [0, 0.05) is 0 Å². The molecule has 13 heavy (non-hydrogen) atoms. The van der Waals surface area contributed by atoms with Crippen LogP contribution >= 0.6 is 0 Å². The Morgan fingerprint density at radius 2 is 1.92 bits per heavy atom. The van der Waals surface area contributed by atoms with Crippen LogP contribution in [0.2, 0.25) is 0 Å². The summed E-state index contributed by atoms with van der Waals surface area (Å²) in [5.74, 6) is -0.0400. The van der Waals surface area contributed by atoms with Crippen LogP contribution in [0.5, 0.6) is 5.75 Å². The average molecular weight is 180 g/mol. The van der Waals surface area contributed by atoms with Gasteiger partial charge < -0.3 is 15.0 Å². The molecule has 1 heterocycles. The Labute approximate surface area is 73.4 Å². The van der Waals surface area contributed by atoms with Gasteiger partial charge in [-0.25, -0.2) is 4.79 Å². The van der Waals surface area contributed by atoms with Crippen molar-refractivity contribution >= 4 is 11.0 Å². The highest BCUT2D eigenvalue weighted by Gasteiger charge is 2.01. The molecule has 0 radical (unpaired) electrons. The molecule has 0 unspecified atom stereocenters. The first-order valence-corrected chi connectivity index (χ1v) is 3.49. The summed E-state index contributed by atoms with van der Waals surface area (Å²) >= 11 is 0. The van der Waals surface area contributed by atoms with E-state index in [9.17, 15) is 9.90 Å². The molecule has 0 aliphatic rings. The molecule has 4 heteroatoms. The lowest BCUT2D eigenvalue weighted by molar-refractivity contribution is 0.468. The van der Waals surface area contributed by atoms with Gasteiger partial charge in [0.1, 0.15) is 11.3 Å². The van der Waals surface area contributed by atoms with E-state index in [4.69, 9.17) is 4.42 Å². The maximum atomic E-state index is 10.8. The Morgan fingerprint density at radius 3 is 2.69 bits per heavy atom. The van der Waals surface area contributed by atoms with Gasteiger partial charge in [0.25, 0.3) is 0 Å². The summed E-state index contributed by atoms with van der Waals surface area (Å²) in [6.45, 7) is 0. The first-order valence-electron chi connectivity index (χ1n) is 3.49. The van der Waals surface area contributed by atoms with Crippen LogP contribution in [0.3, 0.4) is 0 Å². The minimum Gasteiger partial charge on any atom is -0.507 e. The van der Waals surface area contributed by atoms with Crippen molar-refractivity contribution in [2.75, 3.05) is 0 Å². The lowest BCUT2D eigenvalue weighted by Crippen LogP contribution is -1.94. The Morgan fingerprint density at radius 1 is 1.23 bits per heavy atom. The predicted octanol–water partition coefficient (Wildman–Crippen LogP) is 0.674. The fourth-order valence-corrected chi connectivity index (χ4v) is 1.09. The number of aromatic hydroxyl groups is 1. The SMILES string of the molecule is O.O=c1cc(O)c2ccccc2o1. The molecule has 2 rings (SSSR count). The molecule has 0 atom stereocenters. The van der Waals surface area contributed by atoms with Crippen molar-refractivity contribution in [2.24, 2.45) is 0 Å². The minimum absolute atomic E-state index is 0.